The minimum Gasteiger partial charge on any atom is -0.755 e. The van der Waals surface area contributed by atoms with Crippen molar-refractivity contribution in [3.63, 3.8) is 0 Å². The van der Waals surface area contributed by atoms with Gasteiger partial charge < -0.3 is 4.55 Å². The van der Waals surface area contributed by atoms with Crippen molar-refractivity contribution in [2.45, 2.75) is 0 Å². The van der Waals surface area contributed by atoms with Crippen LogP contribution in [0.1, 0.15) is 5.56 Å². The van der Waals surface area contributed by atoms with E-state index in [1.54, 1.807) is 42.5 Å². The van der Waals surface area contributed by atoms with Gasteiger partial charge in [-0.15, -0.1) is 0 Å². The zero-order valence-electron chi connectivity index (χ0n) is 14.1. The third-order valence-electron chi connectivity index (χ3n) is 3.89. The summed E-state index contributed by atoms with van der Waals surface area (Å²) in [5, 5.41) is -0.570. The van der Waals surface area contributed by atoms with Crippen LogP contribution < -0.4 is 4.31 Å². The number of carbonyl (C=O) groups excluding carboxylic acids is 1. The van der Waals surface area contributed by atoms with Crippen LogP contribution in [0.15, 0.2) is 84.9 Å². The van der Waals surface area contributed by atoms with Gasteiger partial charge in [-0.3, -0.25) is 13.3 Å². The first-order valence-electron chi connectivity index (χ1n) is 8.07. The maximum atomic E-state index is 11.8. The van der Waals surface area contributed by atoms with Gasteiger partial charge in [0.2, 0.25) is 5.24 Å². The van der Waals surface area contributed by atoms with Gasteiger partial charge in [-0.2, -0.15) is 0 Å². The number of hydrogen-bond donors (Lipinski definition) is 0. The molecular weight excluding hydrogens is 382 g/mol. The second kappa shape index (κ2) is 8.77. The van der Waals surface area contributed by atoms with Gasteiger partial charge in [0.1, 0.15) is 0 Å². The average Bonchev–Trinajstić information content (AvgIpc) is 2.68. The Morgan fingerprint density at radius 1 is 0.852 bits per heavy atom. The van der Waals surface area contributed by atoms with E-state index < -0.39 is 16.5 Å². The normalized spacial score (nSPS) is 12.1. The van der Waals surface area contributed by atoms with E-state index in [9.17, 15) is 13.6 Å². The van der Waals surface area contributed by atoms with Gasteiger partial charge in [0.15, 0.2) is 0 Å². The monoisotopic (exact) mass is 396 g/mol. The van der Waals surface area contributed by atoms with Crippen molar-refractivity contribution >= 4 is 45.6 Å². The van der Waals surface area contributed by atoms with Crippen molar-refractivity contribution in [2.75, 3.05) is 4.31 Å². The lowest BCUT2D eigenvalue weighted by Crippen LogP contribution is -2.19. The summed E-state index contributed by atoms with van der Waals surface area (Å²) in [6.45, 7) is 0. The molecule has 136 valence electrons. The van der Waals surface area contributed by atoms with Crippen molar-refractivity contribution in [1.29, 1.82) is 0 Å². The molecule has 0 aliphatic rings. The van der Waals surface area contributed by atoms with Crippen LogP contribution in [-0.4, -0.2) is 14.0 Å². The highest BCUT2D eigenvalue weighted by Crippen LogP contribution is 2.29. The van der Waals surface area contributed by atoms with Gasteiger partial charge in [-0.25, -0.2) is 0 Å². The lowest BCUT2D eigenvalue weighted by Gasteiger charge is -2.26. The van der Waals surface area contributed by atoms with Crippen molar-refractivity contribution in [2.24, 2.45) is 0 Å². The molecule has 3 aromatic carbocycles. The molecule has 3 rings (SSSR count). The van der Waals surface area contributed by atoms with Crippen LogP contribution in [0.5, 0.6) is 0 Å². The molecule has 0 aromatic heterocycles. The summed E-state index contributed by atoms with van der Waals surface area (Å²) in [7, 11) is 0. The minimum atomic E-state index is -2.48. The summed E-state index contributed by atoms with van der Waals surface area (Å²) in [6.07, 6.45) is 2.80. The molecule has 6 heteroatoms. The van der Waals surface area contributed by atoms with E-state index in [4.69, 9.17) is 11.6 Å². The lowest BCUT2D eigenvalue weighted by molar-refractivity contribution is -0.107. The van der Waals surface area contributed by atoms with E-state index in [2.05, 4.69) is 0 Å². The molecule has 0 bridgehead atoms. The second-order valence-corrected chi connectivity index (χ2v) is 6.83. The first-order valence-corrected chi connectivity index (χ1v) is 9.48. The Morgan fingerprint density at radius 2 is 1.37 bits per heavy atom. The molecule has 0 aliphatic heterocycles. The van der Waals surface area contributed by atoms with E-state index in [0.717, 1.165) is 16.7 Å². The molecule has 0 N–H and O–H groups in total. The Hall–Kier alpha value is -2.73. The predicted octanol–water partition coefficient (Wildman–Crippen LogP) is 5.06. The van der Waals surface area contributed by atoms with Crippen LogP contribution >= 0.6 is 11.6 Å². The van der Waals surface area contributed by atoms with Crippen LogP contribution in [-0.2, 0) is 16.1 Å². The van der Waals surface area contributed by atoms with Crippen LogP contribution in [0.2, 0.25) is 0 Å². The molecule has 0 radical (unpaired) electrons. The Kier molecular flexibility index (Phi) is 6.19. The van der Waals surface area contributed by atoms with Crippen molar-refractivity contribution < 1.29 is 13.6 Å². The molecule has 0 amide bonds. The third kappa shape index (κ3) is 4.92. The second-order valence-electron chi connectivity index (χ2n) is 5.65. The molecule has 0 aliphatic carbocycles. The van der Waals surface area contributed by atoms with Crippen LogP contribution in [0.25, 0.3) is 17.2 Å². The van der Waals surface area contributed by atoms with Gasteiger partial charge in [0.05, 0.1) is 22.6 Å². The highest BCUT2D eigenvalue weighted by Gasteiger charge is 2.10. The van der Waals surface area contributed by atoms with E-state index in [0.29, 0.717) is 11.4 Å². The largest absolute Gasteiger partial charge is 0.755 e. The average molecular weight is 397 g/mol. The Labute approximate surface area is 165 Å². The summed E-state index contributed by atoms with van der Waals surface area (Å²) in [4.78, 5) is 10.8. The number of anilines is 2. The molecule has 0 saturated carbocycles. The van der Waals surface area contributed by atoms with Gasteiger partial charge in [-0.05, 0) is 58.6 Å². The van der Waals surface area contributed by atoms with Gasteiger partial charge in [-0.1, -0.05) is 60.7 Å². The predicted molar refractivity (Wildman–Crippen MR) is 109 cm³/mol. The quantitative estimate of drug-likeness (QED) is 0.332. The smallest absolute Gasteiger partial charge is 0.245 e. The summed E-state index contributed by atoms with van der Waals surface area (Å²) < 4.78 is 24.8. The molecular formula is C21H15ClNO3S-. The standard InChI is InChI=1S/C21H16ClNO3S/c22-21(24)15-8-16-6-11-19(12-7-16)23(27(25)26)20-13-9-18(10-14-20)17-4-2-1-3-5-17/h1-15H,(H,25,26)/p-1. The van der Waals surface area contributed by atoms with E-state index in [1.165, 1.54) is 10.4 Å². The number of carbonyl (C=O) groups is 1. The Bertz CT molecular complexity index is 971. The topological polar surface area (TPSA) is 60.4 Å². The number of rotatable bonds is 6. The highest BCUT2D eigenvalue weighted by molar-refractivity contribution is 7.81. The maximum absolute atomic E-state index is 11.8. The van der Waals surface area contributed by atoms with Crippen LogP contribution in [0, 0.1) is 0 Å². The number of benzene rings is 3. The first kappa shape index (κ1) is 19.0. The molecule has 1 atom stereocenters. The molecule has 0 saturated heterocycles. The molecule has 27 heavy (non-hydrogen) atoms. The summed E-state index contributed by atoms with van der Waals surface area (Å²) >= 11 is 2.79. The SMILES string of the molecule is O=C(Cl)C=Cc1ccc(N(c2ccc(-c3ccccc3)cc2)S(=O)[O-])cc1. The van der Waals surface area contributed by atoms with Gasteiger partial charge in [0.25, 0.3) is 0 Å². The van der Waals surface area contributed by atoms with Gasteiger partial charge >= 0.3 is 0 Å². The number of nitrogens with zero attached hydrogens (tertiary/aromatic N) is 1. The number of hydrogen-bond acceptors (Lipinski definition) is 3. The molecule has 0 spiro atoms. The summed E-state index contributed by atoms with van der Waals surface area (Å²) in [5.74, 6) is 0. The lowest BCUT2D eigenvalue weighted by atomic mass is 10.1. The number of halogens is 1. The van der Waals surface area contributed by atoms with Crippen LogP contribution in [0.3, 0.4) is 0 Å². The maximum Gasteiger partial charge on any atom is 0.245 e. The molecule has 0 heterocycles. The van der Waals surface area contributed by atoms with E-state index >= 15 is 0 Å². The summed E-state index contributed by atoms with van der Waals surface area (Å²) in [6, 6.07) is 23.9. The Balaban J connectivity index is 1.87. The third-order valence-corrected chi connectivity index (χ3v) is 4.74. The first-order chi connectivity index (χ1) is 13.0. The zero-order chi connectivity index (χ0) is 19.2. The fourth-order valence-corrected chi connectivity index (χ4v) is 3.27. The van der Waals surface area contributed by atoms with E-state index in [-0.39, 0.29) is 0 Å². The molecule has 4 nitrogen and oxygen atoms in total. The number of allylic oxidation sites excluding steroid dienone is 1. The van der Waals surface area contributed by atoms with Crippen LogP contribution in [0.4, 0.5) is 11.4 Å². The highest BCUT2D eigenvalue weighted by atomic mass is 35.5. The zero-order valence-corrected chi connectivity index (χ0v) is 15.7. The fourth-order valence-electron chi connectivity index (χ4n) is 2.62. The molecule has 3 aromatic rings. The van der Waals surface area contributed by atoms with Gasteiger partial charge in [0, 0.05) is 0 Å². The summed E-state index contributed by atoms with van der Waals surface area (Å²) in [5.41, 5.74) is 3.82. The van der Waals surface area contributed by atoms with Crippen molar-refractivity contribution in [3.05, 3.63) is 90.5 Å². The minimum absolute atomic E-state index is 0.491. The van der Waals surface area contributed by atoms with E-state index in [1.807, 2.05) is 42.5 Å². The molecule has 0 fully saturated rings. The van der Waals surface area contributed by atoms with Crippen molar-refractivity contribution in [1.82, 2.24) is 0 Å². The molecule has 1 unspecified atom stereocenters. The Morgan fingerprint density at radius 3 is 1.89 bits per heavy atom. The van der Waals surface area contributed by atoms with Crippen molar-refractivity contribution in [3.8, 4) is 11.1 Å². The fraction of sp³-hybridized carbons (Fsp3) is 0.